The Morgan fingerprint density at radius 3 is 2.40 bits per heavy atom. The number of hydrogen-bond acceptors (Lipinski definition) is 8. The van der Waals surface area contributed by atoms with E-state index >= 15 is 0 Å². The molecule has 1 aliphatic heterocycles. The van der Waals surface area contributed by atoms with Gasteiger partial charge in [-0.15, -0.1) is 0 Å². The van der Waals surface area contributed by atoms with Crippen LogP contribution in [0.5, 0.6) is 5.75 Å². The fourth-order valence-corrected chi connectivity index (χ4v) is 4.00. The minimum Gasteiger partial charge on any atom is -0.497 e. The van der Waals surface area contributed by atoms with Gasteiger partial charge >= 0.3 is 0 Å². The summed E-state index contributed by atoms with van der Waals surface area (Å²) in [6.45, 7) is 1.74. The molecule has 0 amide bonds. The second-order valence-electron chi connectivity index (χ2n) is 6.86. The molecule has 0 spiro atoms. The number of methoxy groups -OCH3 is 1. The van der Waals surface area contributed by atoms with Crippen molar-refractivity contribution < 1.29 is 18.1 Å². The average Bonchev–Trinajstić information content (AvgIpc) is 2.73. The minimum atomic E-state index is -4.01. The molecular formula is C19H23N5O5S. The maximum absolute atomic E-state index is 12.7. The summed E-state index contributed by atoms with van der Waals surface area (Å²) in [5, 5.41) is 15.8. The van der Waals surface area contributed by atoms with E-state index in [-0.39, 0.29) is 16.3 Å². The summed E-state index contributed by atoms with van der Waals surface area (Å²) < 4.78 is 32.8. The van der Waals surface area contributed by atoms with Gasteiger partial charge in [0.25, 0.3) is 15.7 Å². The van der Waals surface area contributed by atoms with Crippen molar-refractivity contribution >= 4 is 32.8 Å². The van der Waals surface area contributed by atoms with Gasteiger partial charge in [-0.3, -0.25) is 20.3 Å². The van der Waals surface area contributed by atoms with Crippen LogP contribution >= 0.6 is 0 Å². The molecular weight excluding hydrogens is 410 g/mol. The number of rotatable bonds is 7. The summed E-state index contributed by atoms with van der Waals surface area (Å²) in [5.74, 6) is 0.579. The van der Waals surface area contributed by atoms with Gasteiger partial charge in [0.05, 0.1) is 16.9 Å². The topological polar surface area (TPSA) is 126 Å². The maximum atomic E-state index is 12.7. The third-order valence-corrected chi connectivity index (χ3v) is 6.10. The number of nitrogens with one attached hydrogen (secondary N) is 2. The second kappa shape index (κ2) is 9.09. The number of ether oxygens (including phenoxy) is 1. The molecule has 0 atom stereocenters. The van der Waals surface area contributed by atoms with E-state index in [2.05, 4.69) is 20.1 Å². The van der Waals surface area contributed by atoms with E-state index in [0.29, 0.717) is 11.4 Å². The van der Waals surface area contributed by atoms with Gasteiger partial charge in [0.1, 0.15) is 11.4 Å². The fraction of sp³-hybridized carbons (Fsp3) is 0.316. The van der Waals surface area contributed by atoms with Gasteiger partial charge < -0.3 is 9.64 Å². The zero-order valence-corrected chi connectivity index (χ0v) is 17.5. The van der Waals surface area contributed by atoms with Crippen molar-refractivity contribution in [2.75, 3.05) is 37.4 Å². The van der Waals surface area contributed by atoms with Gasteiger partial charge in [-0.1, -0.05) is 0 Å². The molecule has 160 valence electrons. The number of benzene rings is 2. The lowest BCUT2D eigenvalue weighted by Gasteiger charge is -2.22. The predicted molar refractivity (Wildman–Crippen MR) is 115 cm³/mol. The number of nitro groups is 1. The van der Waals surface area contributed by atoms with Crippen LogP contribution in [0.2, 0.25) is 0 Å². The minimum absolute atomic E-state index is 0.134. The van der Waals surface area contributed by atoms with Crippen molar-refractivity contribution in [1.29, 1.82) is 0 Å². The second-order valence-corrected chi connectivity index (χ2v) is 8.55. The first kappa shape index (κ1) is 21.5. The van der Waals surface area contributed by atoms with Crippen LogP contribution in [0, 0.1) is 10.1 Å². The van der Waals surface area contributed by atoms with Crippen LogP contribution in [0.4, 0.5) is 17.1 Å². The van der Waals surface area contributed by atoms with Crippen LogP contribution in [0.15, 0.2) is 52.5 Å². The highest BCUT2D eigenvalue weighted by Crippen LogP contribution is 2.29. The van der Waals surface area contributed by atoms with Crippen molar-refractivity contribution in [3.05, 3.63) is 52.6 Å². The molecule has 0 aromatic heterocycles. The Morgan fingerprint density at radius 2 is 1.80 bits per heavy atom. The monoisotopic (exact) mass is 433 g/mol. The zero-order chi connectivity index (χ0) is 21.7. The lowest BCUT2D eigenvalue weighted by molar-refractivity contribution is -0.384. The van der Waals surface area contributed by atoms with Crippen LogP contribution in [0.25, 0.3) is 0 Å². The first-order valence-corrected chi connectivity index (χ1v) is 10.7. The molecule has 11 heteroatoms. The zero-order valence-electron chi connectivity index (χ0n) is 16.7. The molecule has 2 aromatic rings. The van der Waals surface area contributed by atoms with Gasteiger partial charge in [-0.25, -0.2) is 8.42 Å². The fourth-order valence-electron chi connectivity index (χ4n) is 2.93. The number of nitro benzene ring substituents is 1. The van der Waals surface area contributed by atoms with E-state index in [1.54, 1.807) is 24.3 Å². The van der Waals surface area contributed by atoms with Crippen molar-refractivity contribution in [2.45, 2.75) is 17.7 Å². The summed E-state index contributed by atoms with van der Waals surface area (Å²) in [6.07, 6.45) is 1.55. The number of sulfonamides is 1. The van der Waals surface area contributed by atoms with Crippen molar-refractivity contribution in [3.8, 4) is 5.75 Å². The summed E-state index contributed by atoms with van der Waals surface area (Å²) in [5.41, 5.74) is 3.71. The SMILES string of the molecule is COc1ccc(NS(=O)(=O)c2ccc(NN=C3CCN(C)CC3)c([N+](=O)[O-])c2)cc1. The Hall–Kier alpha value is -3.18. The number of anilines is 2. The summed E-state index contributed by atoms with van der Waals surface area (Å²) in [6, 6.07) is 9.96. The van der Waals surface area contributed by atoms with Crippen molar-refractivity contribution in [3.63, 3.8) is 0 Å². The number of hydrogen-bond donors (Lipinski definition) is 2. The Kier molecular flexibility index (Phi) is 6.53. The third-order valence-electron chi connectivity index (χ3n) is 4.72. The van der Waals surface area contributed by atoms with E-state index in [4.69, 9.17) is 4.74 Å². The highest BCUT2D eigenvalue weighted by molar-refractivity contribution is 7.92. The number of likely N-dealkylation sites (tertiary alicyclic amines) is 1. The normalized spacial score (nSPS) is 14.8. The van der Waals surface area contributed by atoms with Crippen molar-refractivity contribution in [1.82, 2.24) is 4.90 Å². The number of hydrazone groups is 1. The molecule has 1 aliphatic rings. The summed E-state index contributed by atoms with van der Waals surface area (Å²) in [4.78, 5) is 12.8. The largest absolute Gasteiger partial charge is 0.497 e. The van der Waals surface area contributed by atoms with Crippen LogP contribution < -0.4 is 14.9 Å². The summed E-state index contributed by atoms with van der Waals surface area (Å²) in [7, 11) is -0.484. The Morgan fingerprint density at radius 1 is 1.13 bits per heavy atom. The quantitative estimate of drug-likeness (QED) is 0.508. The maximum Gasteiger partial charge on any atom is 0.295 e. The van der Waals surface area contributed by atoms with Crippen molar-refractivity contribution in [2.24, 2.45) is 5.10 Å². The van der Waals surface area contributed by atoms with Gasteiger partial charge in [0.2, 0.25) is 0 Å². The Labute approximate surface area is 174 Å². The lowest BCUT2D eigenvalue weighted by Crippen LogP contribution is -2.30. The molecule has 30 heavy (non-hydrogen) atoms. The molecule has 3 rings (SSSR count). The molecule has 0 bridgehead atoms. The Bertz CT molecular complexity index is 1040. The molecule has 2 aromatic carbocycles. The lowest BCUT2D eigenvalue weighted by atomic mass is 10.1. The first-order chi connectivity index (χ1) is 14.3. The molecule has 0 radical (unpaired) electrons. The molecule has 1 saturated heterocycles. The molecule has 1 fully saturated rings. The van der Waals surface area contributed by atoms with Crippen LogP contribution in [-0.4, -0.2) is 51.2 Å². The van der Waals surface area contributed by atoms with Crippen LogP contribution in [-0.2, 0) is 10.0 Å². The number of piperidine rings is 1. The van der Waals surface area contributed by atoms with Crippen LogP contribution in [0.1, 0.15) is 12.8 Å². The Balaban J connectivity index is 1.81. The van der Waals surface area contributed by atoms with E-state index in [1.807, 2.05) is 7.05 Å². The highest BCUT2D eigenvalue weighted by atomic mass is 32.2. The van der Waals surface area contributed by atoms with Gasteiger partial charge in [-0.05, 0) is 43.4 Å². The van der Waals surface area contributed by atoms with E-state index in [9.17, 15) is 18.5 Å². The van der Waals surface area contributed by atoms with E-state index < -0.39 is 14.9 Å². The van der Waals surface area contributed by atoms with Gasteiger partial charge in [0, 0.05) is 43.4 Å². The standard InChI is InChI=1S/C19H23N5O5S/c1-23-11-9-14(10-12-23)20-21-18-8-7-17(13-19(18)24(25)26)30(27,28)22-15-3-5-16(29-2)6-4-15/h3-8,13,21-22H,9-12H2,1-2H3. The predicted octanol–water partition coefficient (Wildman–Crippen LogP) is 2.90. The molecule has 0 saturated carbocycles. The summed E-state index contributed by atoms with van der Waals surface area (Å²) >= 11 is 0. The average molecular weight is 433 g/mol. The number of nitrogens with zero attached hydrogens (tertiary/aromatic N) is 3. The highest BCUT2D eigenvalue weighted by Gasteiger charge is 2.22. The third kappa shape index (κ3) is 5.24. The van der Waals surface area contributed by atoms with Gasteiger partial charge in [0.15, 0.2) is 0 Å². The van der Waals surface area contributed by atoms with E-state index in [1.165, 1.54) is 19.2 Å². The van der Waals surface area contributed by atoms with Gasteiger partial charge in [-0.2, -0.15) is 5.10 Å². The smallest absolute Gasteiger partial charge is 0.295 e. The first-order valence-electron chi connectivity index (χ1n) is 9.24. The molecule has 1 heterocycles. The van der Waals surface area contributed by atoms with E-state index in [0.717, 1.165) is 37.7 Å². The molecule has 0 aliphatic carbocycles. The molecule has 0 unspecified atom stereocenters. The molecule has 2 N–H and O–H groups in total. The van der Waals surface area contributed by atoms with Crippen LogP contribution in [0.3, 0.4) is 0 Å². The molecule has 10 nitrogen and oxygen atoms in total.